The van der Waals surface area contributed by atoms with Crippen molar-refractivity contribution in [2.45, 2.75) is 283 Å². The van der Waals surface area contributed by atoms with Crippen molar-refractivity contribution in [1.82, 2.24) is 51.3 Å². The van der Waals surface area contributed by atoms with Gasteiger partial charge >= 0.3 is 35.8 Å². The summed E-state index contributed by atoms with van der Waals surface area (Å²) >= 11 is 10.8. The number of aromatic nitrogens is 6. The molecule has 27 nitrogen and oxygen atoms in total. The third kappa shape index (κ3) is 28.6. The lowest BCUT2D eigenvalue weighted by Crippen LogP contribution is -2.66. The second-order valence-electron chi connectivity index (χ2n) is 22.4. The van der Waals surface area contributed by atoms with Crippen molar-refractivity contribution >= 4 is 70.5 Å². The predicted molar refractivity (Wildman–Crippen MR) is 336 cm³/mol. The van der Waals surface area contributed by atoms with Gasteiger partial charge in [0.2, 0.25) is 12.6 Å². The molecule has 10 atom stereocenters. The Labute approximate surface area is 535 Å². The summed E-state index contributed by atoms with van der Waals surface area (Å²) in [5.41, 5.74) is 12.2. The number of nitrogens with zero attached hydrogens (tertiary/aromatic N) is 6. The van der Waals surface area contributed by atoms with E-state index in [9.17, 15) is 28.8 Å². The van der Waals surface area contributed by atoms with Crippen LogP contribution in [0.1, 0.15) is 207 Å². The van der Waals surface area contributed by atoms with Crippen LogP contribution in [0.4, 0.5) is 0 Å². The van der Waals surface area contributed by atoms with Crippen molar-refractivity contribution < 1.29 is 71.4 Å². The number of unbranched alkanes of at least 4 members (excludes halogenated alkanes) is 12. The van der Waals surface area contributed by atoms with E-state index in [0.29, 0.717) is 112 Å². The lowest BCUT2D eigenvalue weighted by Gasteiger charge is -2.48. The van der Waals surface area contributed by atoms with E-state index in [0.717, 1.165) is 51.4 Å². The fraction of sp³-hybridized carbons (Fsp3) is 0.800. The van der Waals surface area contributed by atoms with Gasteiger partial charge in [-0.3, -0.25) is 28.8 Å². The molecule has 0 saturated carbocycles. The van der Waals surface area contributed by atoms with Crippen LogP contribution in [0.3, 0.4) is 0 Å². The number of rotatable bonds is 44. The smallest absolute Gasteiger partial charge is 0.306 e. The van der Waals surface area contributed by atoms with E-state index < -0.39 is 97.2 Å². The highest BCUT2D eigenvalue weighted by Gasteiger charge is 2.58. The van der Waals surface area contributed by atoms with E-state index in [1.54, 1.807) is 12.4 Å². The third-order valence-electron chi connectivity index (χ3n) is 14.6. The van der Waals surface area contributed by atoms with Crippen molar-refractivity contribution in [3.05, 3.63) is 23.8 Å². The highest BCUT2D eigenvalue weighted by atomic mass is 32.1. The van der Waals surface area contributed by atoms with E-state index in [-0.39, 0.29) is 64.7 Å². The average molecular weight is 1300 g/mol. The van der Waals surface area contributed by atoms with Crippen LogP contribution in [0, 0.1) is 0 Å². The van der Waals surface area contributed by atoms with Crippen LogP contribution in [0.25, 0.3) is 0 Å². The minimum absolute atomic E-state index is 0.00157. The summed E-state index contributed by atoms with van der Waals surface area (Å²) < 4.78 is 62.0. The molecule has 0 amide bonds. The second-order valence-corrected chi connectivity index (χ2v) is 23.2. The zero-order valence-electron chi connectivity index (χ0n) is 53.3. The van der Waals surface area contributed by atoms with Gasteiger partial charge in [0.15, 0.2) is 46.8 Å². The van der Waals surface area contributed by atoms with Gasteiger partial charge in [0.05, 0.1) is 38.6 Å². The number of nitrogens with two attached hydrogens (primary N) is 2. The first-order valence-corrected chi connectivity index (χ1v) is 33.3. The zero-order chi connectivity index (χ0) is 64.8. The molecule has 0 spiro atoms. The van der Waals surface area contributed by atoms with Crippen LogP contribution in [-0.4, -0.2) is 164 Å². The Hall–Kier alpha value is -5.72. The lowest BCUT2D eigenvalue weighted by molar-refractivity contribution is -0.376. The van der Waals surface area contributed by atoms with Crippen LogP contribution in [0.15, 0.2) is 12.4 Å². The monoisotopic (exact) mass is 1290 g/mol. The first-order chi connectivity index (χ1) is 43.1. The fourth-order valence-electron chi connectivity index (χ4n) is 9.81. The molecule has 2 fully saturated rings. The van der Waals surface area contributed by atoms with E-state index >= 15 is 0 Å². The molecule has 2 saturated heterocycles. The number of hydrogen-bond donors (Lipinski definition) is 6. The van der Waals surface area contributed by atoms with Gasteiger partial charge in [-0.15, -0.1) is 10.2 Å². The number of thiocarbonyl (C=S) groups is 2. The van der Waals surface area contributed by atoms with Gasteiger partial charge in [-0.05, 0) is 63.0 Å². The maximum Gasteiger partial charge on any atom is 0.306 e. The van der Waals surface area contributed by atoms with Crippen LogP contribution < -0.4 is 32.7 Å². The predicted octanol–water partition coefficient (Wildman–Crippen LogP) is 5.83. The SMILES string of the molecule is CCCCCC(=O)O[C@@H]1[C@H](OC(=O)CCCCC)[C@@H](O[C@H]2O[C@H](Cn3cc(CNC(=S)NCCN)nn3)[C@@H](OC(=O)CCCCC)[C@H](OC(=O)CCCCC)[C@H]2OC(=O)CCCCC)O[C@H](Cn2cc(CNC(=S)NCCN)nn2)[C@H]1OC(=O)CCCCC. The van der Waals surface area contributed by atoms with E-state index in [2.05, 4.69) is 41.9 Å². The van der Waals surface area contributed by atoms with Crippen molar-refractivity contribution in [2.75, 3.05) is 26.2 Å². The number of carbonyl (C=O) groups excluding carboxylic acids is 6. The molecule has 0 aliphatic carbocycles. The number of nitrogens with one attached hydrogen (secondary N) is 4. The molecule has 504 valence electrons. The summed E-state index contributed by atoms with van der Waals surface area (Å²) in [5, 5.41) is 30.2. The standard InChI is InChI=1S/C60H102N12O15S2/c1-7-13-19-25-45(73)81-51-43(39-71-37-41(67-69-71)35-65-59(88)63-33-31-61)79-57(55(85-49(77)29-23-17-11-5)53(51)83-47(75)27-21-15-9-3)87-58-56(86-50(78)30-24-18-12-6)54(84-48(76)28-22-16-10-4)52(82-46(74)26-20-14-8-2)44(80-58)40-72-38-42(68-70-72)36-66-60(89)64-34-32-62/h37-38,43-44,51-58H,7-36,39-40,61-62H2,1-6H3,(H2,63,65,88)(H2,64,66,89)/t43-,44-,51-,52-,53+,54+,55-,56+,57-,58-/m1/s1. The summed E-state index contributed by atoms with van der Waals surface area (Å²) in [5.74, 6) is -4.06. The molecule has 2 aromatic rings. The van der Waals surface area contributed by atoms with Gasteiger partial charge in [-0.25, -0.2) is 9.36 Å². The number of ether oxygens (including phenoxy) is 9. The molecule has 0 radical (unpaired) electrons. The third-order valence-corrected chi connectivity index (χ3v) is 15.2. The highest BCUT2D eigenvalue weighted by molar-refractivity contribution is 7.80. The Morgan fingerprint density at radius 3 is 1.00 bits per heavy atom. The van der Waals surface area contributed by atoms with Gasteiger partial charge in [0.25, 0.3) is 0 Å². The molecule has 0 bridgehead atoms. The maximum absolute atomic E-state index is 14.3. The number of esters is 6. The molecule has 4 rings (SSSR count). The van der Waals surface area contributed by atoms with Gasteiger partial charge in [0, 0.05) is 64.7 Å². The van der Waals surface area contributed by atoms with Gasteiger partial charge in [0.1, 0.15) is 23.6 Å². The second kappa shape index (κ2) is 43.9. The minimum atomic E-state index is -1.81. The fourth-order valence-corrected chi connectivity index (χ4v) is 10.2. The van der Waals surface area contributed by atoms with E-state index in [4.69, 9.17) is 78.5 Å². The highest BCUT2D eigenvalue weighted by Crippen LogP contribution is 2.37. The summed E-state index contributed by atoms with van der Waals surface area (Å²) in [4.78, 5) is 85.2. The summed E-state index contributed by atoms with van der Waals surface area (Å²) in [6.45, 7) is 13.4. The molecule has 89 heavy (non-hydrogen) atoms. The molecule has 0 aromatic carbocycles. The summed E-state index contributed by atoms with van der Waals surface area (Å²) in [7, 11) is 0. The van der Waals surface area contributed by atoms with Crippen molar-refractivity contribution in [3.8, 4) is 0 Å². The average Bonchev–Trinajstić information content (AvgIpc) is 0.977. The zero-order valence-corrected chi connectivity index (χ0v) is 55.0. The first-order valence-electron chi connectivity index (χ1n) is 32.4. The van der Waals surface area contributed by atoms with Crippen LogP contribution >= 0.6 is 24.4 Å². The molecular weight excluding hydrogens is 1190 g/mol. The molecule has 2 aliphatic heterocycles. The Morgan fingerprint density at radius 2 is 0.719 bits per heavy atom. The lowest BCUT2D eigenvalue weighted by atomic mass is 9.96. The van der Waals surface area contributed by atoms with Crippen molar-refractivity contribution in [3.63, 3.8) is 0 Å². The molecule has 0 unspecified atom stereocenters. The molecule has 2 aliphatic rings. The van der Waals surface area contributed by atoms with Crippen LogP contribution in [-0.2, 0) is 97.6 Å². The molecule has 29 heteroatoms. The first kappa shape index (κ1) is 75.7. The Balaban J connectivity index is 2.00. The Kier molecular flexibility index (Phi) is 37.4. The largest absolute Gasteiger partial charge is 0.455 e. The van der Waals surface area contributed by atoms with Gasteiger partial charge in [-0.2, -0.15) is 0 Å². The summed E-state index contributed by atoms with van der Waals surface area (Å²) in [6, 6.07) is 0. The van der Waals surface area contributed by atoms with E-state index in [1.165, 1.54) is 9.36 Å². The van der Waals surface area contributed by atoms with Crippen LogP contribution in [0.5, 0.6) is 0 Å². The molecule has 8 N–H and O–H groups in total. The molecular formula is C60H102N12O15S2. The summed E-state index contributed by atoms with van der Waals surface area (Å²) in [6.07, 6.45) is -0.969. The Morgan fingerprint density at radius 1 is 0.438 bits per heavy atom. The number of hydrogen-bond acceptors (Lipinski definition) is 23. The van der Waals surface area contributed by atoms with Crippen LogP contribution in [0.2, 0.25) is 0 Å². The van der Waals surface area contributed by atoms with Gasteiger partial charge in [-0.1, -0.05) is 129 Å². The van der Waals surface area contributed by atoms with E-state index in [1.807, 2.05) is 41.5 Å². The Bertz CT molecular complexity index is 2260. The molecule has 2 aromatic heterocycles. The van der Waals surface area contributed by atoms with Crippen molar-refractivity contribution in [1.29, 1.82) is 0 Å². The minimum Gasteiger partial charge on any atom is -0.455 e. The topological polar surface area (TPSA) is 347 Å². The molecule has 4 heterocycles. The van der Waals surface area contributed by atoms with Gasteiger partial charge < -0.3 is 75.4 Å². The normalized spacial score (nSPS) is 21.4. The maximum atomic E-state index is 14.3. The number of carbonyl (C=O) groups is 6. The quantitative estimate of drug-likeness (QED) is 0.0196. The van der Waals surface area contributed by atoms with Crippen molar-refractivity contribution in [2.24, 2.45) is 11.5 Å².